The second kappa shape index (κ2) is 8.72. The van der Waals surface area contributed by atoms with Crippen LogP contribution in [0.5, 0.6) is 0 Å². The van der Waals surface area contributed by atoms with Gasteiger partial charge in [0.1, 0.15) is 0 Å². The summed E-state index contributed by atoms with van der Waals surface area (Å²) in [6.45, 7) is 2.61. The maximum atomic E-state index is 5.46. The summed E-state index contributed by atoms with van der Waals surface area (Å²) in [6.07, 6.45) is 0.955. The largest absolute Gasteiger partial charge is 0.379 e. The van der Waals surface area contributed by atoms with Crippen LogP contribution < -0.4 is 0 Å². The Balaban J connectivity index is 1.93. The SMILES string of the molecule is ClCCOCCOCCc1ccccc1. The van der Waals surface area contributed by atoms with Crippen LogP contribution in [0, 0.1) is 0 Å². The number of hydrogen-bond donors (Lipinski definition) is 0. The van der Waals surface area contributed by atoms with Gasteiger partial charge in [0.15, 0.2) is 0 Å². The molecule has 1 aromatic rings. The average Bonchev–Trinajstić information content (AvgIpc) is 2.29. The van der Waals surface area contributed by atoms with E-state index in [9.17, 15) is 0 Å². The number of ether oxygens (including phenoxy) is 2. The molecule has 0 aliphatic rings. The van der Waals surface area contributed by atoms with Crippen LogP contribution in [0.3, 0.4) is 0 Å². The highest BCUT2D eigenvalue weighted by atomic mass is 35.5. The molecule has 84 valence electrons. The Morgan fingerprint density at radius 3 is 2.20 bits per heavy atom. The first kappa shape index (κ1) is 12.5. The van der Waals surface area contributed by atoms with Crippen LogP contribution >= 0.6 is 11.6 Å². The van der Waals surface area contributed by atoms with Crippen molar-refractivity contribution in [3.8, 4) is 0 Å². The fourth-order valence-electron chi connectivity index (χ4n) is 1.21. The Morgan fingerprint density at radius 1 is 0.867 bits per heavy atom. The lowest BCUT2D eigenvalue weighted by Gasteiger charge is -2.04. The van der Waals surface area contributed by atoms with E-state index in [2.05, 4.69) is 12.1 Å². The molecule has 0 saturated carbocycles. The third kappa shape index (κ3) is 6.50. The van der Waals surface area contributed by atoms with Gasteiger partial charge in [-0.2, -0.15) is 0 Å². The molecule has 15 heavy (non-hydrogen) atoms. The Kier molecular flexibility index (Phi) is 7.26. The second-order valence-electron chi connectivity index (χ2n) is 3.15. The lowest BCUT2D eigenvalue weighted by atomic mass is 10.2. The number of benzene rings is 1. The molecule has 0 heterocycles. The fraction of sp³-hybridized carbons (Fsp3) is 0.500. The van der Waals surface area contributed by atoms with Crippen molar-refractivity contribution in [2.75, 3.05) is 32.3 Å². The molecule has 0 radical (unpaired) electrons. The van der Waals surface area contributed by atoms with Crippen molar-refractivity contribution >= 4 is 11.6 Å². The molecular formula is C12H17ClO2. The second-order valence-corrected chi connectivity index (χ2v) is 3.53. The van der Waals surface area contributed by atoms with Crippen LogP contribution in [-0.2, 0) is 15.9 Å². The maximum absolute atomic E-state index is 5.46. The Labute approximate surface area is 96.2 Å². The minimum absolute atomic E-state index is 0.546. The summed E-state index contributed by atoms with van der Waals surface area (Å²) in [5, 5.41) is 0. The smallest absolute Gasteiger partial charge is 0.0701 e. The highest BCUT2D eigenvalue weighted by Crippen LogP contribution is 1.99. The normalized spacial score (nSPS) is 10.5. The summed E-state index contributed by atoms with van der Waals surface area (Å²) < 4.78 is 10.6. The Hall–Kier alpha value is -0.570. The van der Waals surface area contributed by atoms with Crippen LogP contribution in [-0.4, -0.2) is 32.3 Å². The van der Waals surface area contributed by atoms with Gasteiger partial charge in [0.2, 0.25) is 0 Å². The van der Waals surface area contributed by atoms with E-state index in [4.69, 9.17) is 21.1 Å². The molecule has 0 aliphatic carbocycles. The van der Waals surface area contributed by atoms with Crippen molar-refractivity contribution < 1.29 is 9.47 Å². The quantitative estimate of drug-likeness (QED) is 0.503. The molecule has 0 saturated heterocycles. The lowest BCUT2D eigenvalue weighted by molar-refractivity contribution is 0.0548. The van der Waals surface area contributed by atoms with E-state index in [0.29, 0.717) is 25.7 Å². The van der Waals surface area contributed by atoms with Gasteiger partial charge in [-0.1, -0.05) is 30.3 Å². The van der Waals surface area contributed by atoms with E-state index in [1.54, 1.807) is 0 Å². The molecule has 0 spiro atoms. The summed E-state index contributed by atoms with van der Waals surface area (Å²) in [7, 11) is 0. The van der Waals surface area contributed by atoms with Crippen LogP contribution in [0.25, 0.3) is 0 Å². The van der Waals surface area contributed by atoms with Crippen LogP contribution in [0.2, 0.25) is 0 Å². The number of hydrogen-bond acceptors (Lipinski definition) is 2. The Bertz CT molecular complexity index is 239. The van der Waals surface area contributed by atoms with Gasteiger partial charge in [-0.25, -0.2) is 0 Å². The molecule has 1 aromatic carbocycles. The number of alkyl halides is 1. The van der Waals surface area contributed by atoms with Crippen molar-refractivity contribution in [3.63, 3.8) is 0 Å². The lowest BCUT2D eigenvalue weighted by Crippen LogP contribution is -2.07. The summed E-state index contributed by atoms with van der Waals surface area (Å²) in [6, 6.07) is 10.3. The van der Waals surface area contributed by atoms with Crippen LogP contribution in [0.1, 0.15) is 5.56 Å². The first-order valence-electron chi connectivity index (χ1n) is 5.19. The summed E-state index contributed by atoms with van der Waals surface area (Å²) in [4.78, 5) is 0. The van der Waals surface area contributed by atoms with Crippen molar-refractivity contribution in [2.45, 2.75) is 6.42 Å². The van der Waals surface area contributed by atoms with Crippen molar-refractivity contribution in [1.29, 1.82) is 0 Å². The monoisotopic (exact) mass is 228 g/mol. The third-order valence-corrected chi connectivity index (χ3v) is 2.13. The molecule has 0 unspecified atom stereocenters. The zero-order chi connectivity index (χ0) is 10.8. The molecule has 1 rings (SSSR count). The van der Waals surface area contributed by atoms with E-state index in [1.807, 2.05) is 18.2 Å². The predicted molar refractivity (Wildman–Crippen MR) is 62.5 cm³/mol. The molecule has 3 heteroatoms. The number of rotatable bonds is 8. The molecule has 0 fully saturated rings. The van der Waals surface area contributed by atoms with Gasteiger partial charge in [0.25, 0.3) is 0 Å². The van der Waals surface area contributed by atoms with E-state index in [0.717, 1.165) is 13.0 Å². The molecule has 0 amide bonds. The fourth-order valence-corrected chi connectivity index (χ4v) is 1.32. The van der Waals surface area contributed by atoms with E-state index in [1.165, 1.54) is 5.56 Å². The van der Waals surface area contributed by atoms with Gasteiger partial charge in [0, 0.05) is 5.88 Å². The summed E-state index contributed by atoms with van der Waals surface area (Å²) >= 11 is 5.46. The first-order chi connectivity index (χ1) is 7.43. The van der Waals surface area contributed by atoms with Gasteiger partial charge >= 0.3 is 0 Å². The van der Waals surface area contributed by atoms with E-state index >= 15 is 0 Å². The minimum Gasteiger partial charge on any atom is -0.379 e. The van der Waals surface area contributed by atoms with Crippen LogP contribution in [0.4, 0.5) is 0 Å². The molecule has 0 aromatic heterocycles. The molecular weight excluding hydrogens is 212 g/mol. The summed E-state index contributed by atoms with van der Waals surface area (Å²) in [5.74, 6) is 0.546. The van der Waals surface area contributed by atoms with Gasteiger partial charge in [-0.05, 0) is 12.0 Å². The zero-order valence-corrected chi connectivity index (χ0v) is 9.58. The molecule has 2 nitrogen and oxygen atoms in total. The minimum atomic E-state index is 0.546. The van der Waals surface area contributed by atoms with Gasteiger partial charge in [-0.15, -0.1) is 11.6 Å². The first-order valence-corrected chi connectivity index (χ1v) is 5.72. The topological polar surface area (TPSA) is 18.5 Å². The average molecular weight is 229 g/mol. The van der Waals surface area contributed by atoms with Gasteiger partial charge in [-0.3, -0.25) is 0 Å². The summed E-state index contributed by atoms with van der Waals surface area (Å²) in [5.41, 5.74) is 1.30. The van der Waals surface area contributed by atoms with Crippen molar-refractivity contribution in [2.24, 2.45) is 0 Å². The van der Waals surface area contributed by atoms with Gasteiger partial charge in [0.05, 0.1) is 26.4 Å². The van der Waals surface area contributed by atoms with Crippen molar-refractivity contribution in [1.82, 2.24) is 0 Å². The highest BCUT2D eigenvalue weighted by molar-refractivity contribution is 6.17. The number of halogens is 1. The molecule has 0 N–H and O–H groups in total. The third-order valence-electron chi connectivity index (χ3n) is 1.97. The van der Waals surface area contributed by atoms with Crippen LogP contribution in [0.15, 0.2) is 30.3 Å². The zero-order valence-electron chi connectivity index (χ0n) is 8.82. The van der Waals surface area contributed by atoms with E-state index in [-0.39, 0.29) is 0 Å². The molecule has 0 aliphatic heterocycles. The Morgan fingerprint density at radius 2 is 1.53 bits per heavy atom. The standard InChI is InChI=1S/C12H17ClO2/c13-7-9-15-11-10-14-8-6-12-4-2-1-3-5-12/h1-5H,6-11H2. The highest BCUT2D eigenvalue weighted by Gasteiger charge is 1.92. The van der Waals surface area contributed by atoms with E-state index < -0.39 is 0 Å². The molecule has 0 atom stereocenters. The van der Waals surface area contributed by atoms with Gasteiger partial charge < -0.3 is 9.47 Å². The predicted octanol–water partition coefficient (Wildman–Crippen LogP) is 2.50. The molecule has 0 bridgehead atoms. The van der Waals surface area contributed by atoms with Crippen molar-refractivity contribution in [3.05, 3.63) is 35.9 Å². The maximum Gasteiger partial charge on any atom is 0.0701 e.